The number of alkyl halides is 2. The van der Waals surface area contributed by atoms with Crippen molar-refractivity contribution in [3.05, 3.63) is 71.5 Å². The minimum atomic E-state index is -2.97. The van der Waals surface area contributed by atoms with Gasteiger partial charge in [-0.05, 0) is 55.9 Å². The zero-order valence-electron chi connectivity index (χ0n) is 16.4. The molecule has 3 rings (SSSR count). The number of hydrogen-bond donors (Lipinski definition) is 1. The van der Waals surface area contributed by atoms with E-state index in [1.54, 1.807) is 0 Å². The van der Waals surface area contributed by atoms with E-state index in [1.165, 1.54) is 24.3 Å². The van der Waals surface area contributed by atoms with Gasteiger partial charge in [0, 0.05) is 13.2 Å². The van der Waals surface area contributed by atoms with Crippen molar-refractivity contribution in [3.63, 3.8) is 0 Å². The van der Waals surface area contributed by atoms with Gasteiger partial charge in [0.1, 0.15) is 5.82 Å². The van der Waals surface area contributed by atoms with Crippen molar-refractivity contribution in [2.45, 2.75) is 50.7 Å². The van der Waals surface area contributed by atoms with E-state index in [-0.39, 0.29) is 5.92 Å². The molecule has 2 aromatic carbocycles. The van der Waals surface area contributed by atoms with Crippen LogP contribution in [-0.4, -0.2) is 24.7 Å². The van der Waals surface area contributed by atoms with Gasteiger partial charge in [0.2, 0.25) is 0 Å². The van der Waals surface area contributed by atoms with Gasteiger partial charge in [-0.15, -0.1) is 0 Å². The summed E-state index contributed by atoms with van der Waals surface area (Å²) in [5, 5.41) is 2.91. The SMILES string of the molecule is CC1(C)CC(C(c2ccc(F)cc2)C(F)(F)CNCc2ccccc2)CCO1. The maximum Gasteiger partial charge on any atom is 0.267 e. The maximum atomic E-state index is 15.4. The number of benzene rings is 2. The standard InChI is InChI=1S/C23H28F3NO/c1-22(2)14-19(12-13-28-22)21(18-8-10-20(24)11-9-18)23(25,26)16-27-15-17-6-4-3-5-7-17/h3-11,19,21,27H,12-16H2,1-2H3. The lowest BCUT2D eigenvalue weighted by Crippen LogP contribution is -2.45. The summed E-state index contributed by atoms with van der Waals surface area (Å²) in [6.07, 6.45) is 1.11. The van der Waals surface area contributed by atoms with Gasteiger partial charge in [0.05, 0.1) is 18.1 Å². The second kappa shape index (κ2) is 8.66. The normalized spacial score (nSPS) is 20.7. The van der Waals surface area contributed by atoms with Crippen LogP contribution < -0.4 is 5.32 Å². The second-order valence-corrected chi connectivity index (χ2v) is 8.24. The Morgan fingerprint density at radius 1 is 1.11 bits per heavy atom. The Balaban J connectivity index is 1.79. The van der Waals surface area contributed by atoms with Crippen molar-refractivity contribution in [3.8, 4) is 0 Å². The third kappa shape index (κ3) is 5.36. The Hall–Kier alpha value is -1.85. The first-order valence-electron chi connectivity index (χ1n) is 9.79. The molecule has 5 heteroatoms. The Morgan fingerprint density at radius 3 is 2.43 bits per heavy atom. The number of rotatable bonds is 7. The van der Waals surface area contributed by atoms with Crippen LogP contribution in [0.1, 0.15) is 43.7 Å². The van der Waals surface area contributed by atoms with Crippen LogP contribution in [0.15, 0.2) is 54.6 Å². The van der Waals surface area contributed by atoms with Gasteiger partial charge in [-0.1, -0.05) is 42.5 Å². The summed E-state index contributed by atoms with van der Waals surface area (Å²) < 4.78 is 49.9. The van der Waals surface area contributed by atoms with E-state index in [9.17, 15) is 4.39 Å². The topological polar surface area (TPSA) is 21.3 Å². The van der Waals surface area contributed by atoms with Crippen molar-refractivity contribution >= 4 is 0 Å². The average molecular weight is 391 g/mol. The largest absolute Gasteiger partial charge is 0.376 e. The second-order valence-electron chi connectivity index (χ2n) is 8.24. The highest BCUT2D eigenvalue weighted by molar-refractivity contribution is 5.24. The molecule has 0 aliphatic carbocycles. The van der Waals surface area contributed by atoms with E-state index in [0.29, 0.717) is 31.6 Å². The maximum absolute atomic E-state index is 15.4. The summed E-state index contributed by atoms with van der Waals surface area (Å²) in [6.45, 7) is 4.29. The molecule has 2 atom stereocenters. The van der Waals surface area contributed by atoms with Crippen molar-refractivity contribution < 1.29 is 17.9 Å². The molecule has 1 aliphatic rings. The van der Waals surface area contributed by atoms with Crippen molar-refractivity contribution in [1.82, 2.24) is 5.32 Å². The third-order valence-corrected chi connectivity index (χ3v) is 5.42. The summed E-state index contributed by atoms with van der Waals surface area (Å²) in [5.74, 6) is -4.60. The van der Waals surface area contributed by atoms with Crippen LogP contribution in [0.4, 0.5) is 13.2 Å². The minimum absolute atomic E-state index is 0.234. The molecule has 2 unspecified atom stereocenters. The first-order valence-corrected chi connectivity index (χ1v) is 9.79. The molecule has 2 nitrogen and oxygen atoms in total. The first-order chi connectivity index (χ1) is 13.3. The smallest absolute Gasteiger partial charge is 0.267 e. The molecular formula is C23H28F3NO. The molecule has 2 aromatic rings. The van der Waals surface area contributed by atoms with Crippen LogP contribution in [0.5, 0.6) is 0 Å². The number of halogens is 3. The van der Waals surface area contributed by atoms with Gasteiger partial charge in [-0.25, -0.2) is 13.2 Å². The molecule has 1 fully saturated rings. The molecule has 0 spiro atoms. The van der Waals surface area contributed by atoms with Gasteiger partial charge in [0.25, 0.3) is 5.92 Å². The van der Waals surface area contributed by atoms with E-state index >= 15 is 8.78 Å². The molecule has 1 aliphatic heterocycles. The van der Waals surface area contributed by atoms with Gasteiger partial charge in [0.15, 0.2) is 0 Å². The first kappa shape index (κ1) is 20.9. The molecule has 0 radical (unpaired) electrons. The van der Waals surface area contributed by atoms with E-state index in [2.05, 4.69) is 5.32 Å². The van der Waals surface area contributed by atoms with Crippen LogP contribution in [0.2, 0.25) is 0 Å². The van der Waals surface area contributed by atoms with Crippen LogP contribution in [0, 0.1) is 11.7 Å². The summed E-state index contributed by atoms with van der Waals surface area (Å²) in [6, 6.07) is 15.0. The lowest BCUT2D eigenvalue weighted by atomic mass is 9.73. The molecular weight excluding hydrogens is 363 g/mol. The highest BCUT2D eigenvalue weighted by atomic mass is 19.3. The van der Waals surface area contributed by atoms with Crippen LogP contribution in [-0.2, 0) is 11.3 Å². The Labute approximate surface area is 165 Å². The third-order valence-electron chi connectivity index (χ3n) is 5.42. The van der Waals surface area contributed by atoms with Gasteiger partial charge in [-0.2, -0.15) is 0 Å². The van der Waals surface area contributed by atoms with Crippen LogP contribution in [0.25, 0.3) is 0 Å². The molecule has 1 heterocycles. The van der Waals surface area contributed by atoms with Crippen LogP contribution >= 0.6 is 0 Å². The molecule has 1 N–H and O–H groups in total. The van der Waals surface area contributed by atoms with Gasteiger partial charge in [-0.3, -0.25) is 0 Å². The zero-order chi connectivity index (χ0) is 20.2. The number of ether oxygens (including phenoxy) is 1. The molecule has 152 valence electrons. The Bertz CT molecular complexity index is 746. The fourth-order valence-corrected chi connectivity index (χ4v) is 4.17. The van der Waals surface area contributed by atoms with E-state index in [0.717, 1.165) is 5.56 Å². The monoisotopic (exact) mass is 391 g/mol. The summed E-state index contributed by atoms with van der Waals surface area (Å²) >= 11 is 0. The molecule has 1 saturated heterocycles. The quantitative estimate of drug-likeness (QED) is 0.669. The van der Waals surface area contributed by atoms with Crippen LogP contribution in [0.3, 0.4) is 0 Å². The van der Waals surface area contributed by atoms with Crippen molar-refractivity contribution in [2.24, 2.45) is 5.92 Å². The highest BCUT2D eigenvalue weighted by Crippen LogP contribution is 2.46. The van der Waals surface area contributed by atoms with Gasteiger partial charge < -0.3 is 10.1 Å². The van der Waals surface area contributed by atoms with Crippen molar-refractivity contribution in [1.29, 1.82) is 0 Å². The molecule has 0 amide bonds. The van der Waals surface area contributed by atoms with E-state index in [1.807, 2.05) is 44.2 Å². The molecule has 0 aromatic heterocycles. The Morgan fingerprint density at radius 2 is 1.79 bits per heavy atom. The molecule has 28 heavy (non-hydrogen) atoms. The number of nitrogens with one attached hydrogen (secondary N) is 1. The lowest BCUT2D eigenvalue weighted by Gasteiger charge is -2.42. The van der Waals surface area contributed by atoms with Crippen molar-refractivity contribution in [2.75, 3.05) is 13.2 Å². The molecule has 0 bridgehead atoms. The van der Waals surface area contributed by atoms with Gasteiger partial charge >= 0.3 is 0 Å². The summed E-state index contributed by atoms with van der Waals surface area (Å²) in [4.78, 5) is 0. The fraction of sp³-hybridized carbons (Fsp3) is 0.478. The van der Waals surface area contributed by atoms with E-state index < -0.39 is 29.8 Å². The summed E-state index contributed by atoms with van der Waals surface area (Å²) in [5.41, 5.74) is 1.01. The Kier molecular flexibility index (Phi) is 6.46. The molecule has 0 saturated carbocycles. The summed E-state index contributed by atoms with van der Waals surface area (Å²) in [7, 11) is 0. The van der Waals surface area contributed by atoms with E-state index in [4.69, 9.17) is 4.74 Å². The average Bonchev–Trinajstić information content (AvgIpc) is 2.63. The fourth-order valence-electron chi connectivity index (χ4n) is 4.17. The lowest BCUT2D eigenvalue weighted by molar-refractivity contribution is -0.109. The predicted octanol–water partition coefficient (Wildman–Crippen LogP) is 5.54. The minimum Gasteiger partial charge on any atom is -0.376 e. The predicted molar refractivity (Wildman–Crippen MR) is 105 cm³/mol. The zero-order valence-corrected chi connectivity index (χ0v) is 16.4. The highest BCUT2D eigenvalue weighted by Gasteiger charge is 2.47. The number of hydrogen-bond acceptors (Lipinski definition) is 2.